The van der Waals surface area contributed by atoms with Gasteiger partial charge in [-0.15, -0.1) is 0 Å². The van der Waals surface area contributed by atoms with Gasteiger partial charge in [0.1, 0.15) is 0 Å². The topological polar surface area (TPSA) is 17.1 Å². The molecule has 0 aliphatic carbocycles. The molecule has 6 heavy (non-hydrogen) atoms. The molecule has 0 saturated carbocycles. The molecule has 0 heterocycles. The molecule has 0 aliphatic heterocycles. The van der Waals surface area contributed by atoms with Crippen LogP contribution in [0.4, 0.5) is 0 Å². The fourth-order valence-electron chi connectivity index (χ4n) is 0.227. The number of rotatable bonds is 2. The zero-order valence-corrected chi connectivity index (χ0v) is 6.28. The summed E-state index contributed by atoms with van der Waals surface area (Å²) in [4.78, 5) is 10.1. The monoisotopic (exact) mass is 161 g/mol. The van der Waals surface area contributed by atoms with E-state index in [1.807, 2.05) is 6.92 Å². The van der Waals surface area contributed by atoms with Crippen LogP contribution >= 0.6 is 0 Å². The summed E-state index contributed by atoms with van der Waals surface area (Å²) in [5.41, 5.74) is 0. The summed E-state index contributed by atoms with van der Waals surface area (Å²) in [5, 5.41) is 0. The van der Waals surface area contributed by atoms with E-state index in [2.05, 4.69) is 0 Å². The Labute approximate surface area is 53.0 Å². The van der Waals surface area contributed by atoms with Crippen LogP contribution in [0, 0.1) is 0 Å². The van der Waals surface area contributed by atoms with Gasteiger partial charge in [0.25, 0.3) is 0 Å². The minimum atomic E-state index is 0.379. The van der Waals surface area contributed by atoms with Crippen molar-refractivity contribution in [1.82, 2.24) is 0 Å². The van der Waals surface area contributed by atoms with Gasteiger partial charge in [-0.1, -0.05) is 0 Å². The van der Waals surface area contributed by atoms with Crippen LogP contribution in [0.1, 0.15) is 19.8 Å². The molecule has 0 spiro atoms. The van der Waals surface area contributed by atoms with E-state index in [4.69, 9.17) is 0 Å². The van der Waals surface area contributed by atoms with Crippen molar-refractivity contribution in [3.05, 3.63) is 0 Å². The molecule has 1 nitrogen and oxygen atoms in total. The Morgan fingerprint density at radius 3 is 2.33 bits per heavy atom. The molecule has 0 aromatic rings. The summed E-state index contributed by atoms with van der Waals surface area (Å²) in [6.45, 7) is 2.02. The summed E-state index contributed by atoms with van der Waals surface area (Å²) in [7, 11) is 0. The van der Waals surface area contributed by atoms with Crippen molar-refractivity contribution in [2.45, 2.75) is 19.8 Å². The first-order chi connectivity index (χ1) is 2.77. The van der Waals surface area contributed by atoms with Crippen LogP contribution in [0.25, 0.3) is 0 Å². The van der Waals surface area contributed by atoms with Crippen molar-refractivity contribution in [1.29, 1.82) is 0 Å². The number of carbonyl (C=O) groups excluding carboxylic acids is 1. The summed E-state index contributed by atoms with van der Waals surface area (Å²) < 4.78 is 0.379. The summed E-state index contributed by atoms with van der Waals surface area (Å²) in [6, 6.07) is 0. The average Bonchev–Trinajstić information content (AvgIpc) is 1.35. The Morgan fingerprint density at radius 1 is 1.83 bits per heavy atom. The van der Waals surface area contributed by atoms with E-state index in [1.54, 1.807) is 0 Å². The fraction of sp³-hybridized carbons (Fsp3) is 0.750. The van der Waals surface area contributed by atoms with Gasteiger partial charge in [-0.05, 0) is 0 Å². The molecule has 33 valence electrons. The zero-order valence-electron chi connectivity index (χ0n) is 3.82. The third-order valence-corrected chi connectivity index (χ3v) is 1.09. The van der Waals surface area contributed by atoms with Crippen molar-refractivity contribution in [3.63, 3.8) is 0 Å². The van der Waals surface area contributed by atoms with Gasteiger partial charge in [0.15, 0.2) is 0 Å². The number of carbonyl (C=O) groups is 1. The quantitative estimate of drug-likeness (QED) is 0.588. The molecule has 0 unspecified atom stereocenters. The SMILES string of the molecule is CCC[C](=O)[Zr]. The number of hydrogen-bond acceptors (Lipinski definition) is 1. The molecule has 0 radical (unpaired) electrons. The predicted octanol–water partition coefficient (Wildman–Crippen LogP) is 0.860. The van der Waals surface area contributed by atoms with Gasteiger partial charge in [-0.3, -0.25) is 0 Å². The van der Waals surface area contributed by atoms with Gasteiger partial charge in [0.2, 0.25) is 0 Å². The molecule has 0 bridgehead atoms. The van der Waals surface area contributed by atoms with Crippen LogP contribution in [0.2, 0.25) is 0 Å². The summed E-state index contributed by atoms with van der Waals surface area (Å²) in [6.07, 6.45) is 1.78. The second kappa shape index (κ2) is 3.73. The van der Waals surface area contributed by atoms with Crippen LogP contribution in [0.15, 0.2) is 0 Å². The molecule has 0 aliphatic rings. The van der Waals surface area contributed by atoms with Gasteiger partial charge in [-0.2, -0.15) is 0 Å². The van der Waals surface area contributed by atoms with E-state index in [0.717, 1.165) is 37.6 Å². The first kappa shape index (κ1) is 6.55. The molecule has 0 atom stereocenters. The van der Waals surface area contributed by atoms with Crippen LogP contribution < -0.4 is 0 Å². The van der Waals surface area contributed by atoms with Gasteiger partial charge in [0, 0.05) is 0 Å². The Kier molecular flexibility index (Phi) is 4.08. The second-order valence-electron chi connectivity index (χ2n) is 1.17. The Bertz CT molecular complexity index is 51.5. The van der Waals surface area contributed by atoms with Crippen molar-refractivity contribution in [3.8, 4) is 0 Å². The van der Waals surface area contributed by atoms with Gasteiger partial charge >= 0.3 is 52.8 Å². The van der Waals surface area contributed by atoms with Gasteiger partial charge < -0.3 is 0 Å². The molecule has 2 heteroatoms. The van der Waals surface area contributed by atoms with Gasteiger partial charge in [0.05, 0.1) is 0 Å². The molecular weight excluding hydrogens is 155 g/mol. The summed E-state index contributed by atoms with van der Waals surface area (Å²) >= 11 is 1.05. The van der Waals surface area contributed by atoms with E-state index in [-0.39, 0.29) is 0 Å². The van der Waals surface area contributed by atoms with Crippen molar-refractivity contribution < 1.29 is 29.5 Å². The molecule has 0 N–H and O–H groups in total. The third-order valence-electron chi connectivity index (χ3n) is 0.477. The maximum absolute atomic E-state index is 10.1. The van der Waals surface area contributed by atoms with Gasteiger partial charge in [-0.25, -0.2) is 0 Å². The fourth-order valence-corrected chi connectivity index (χ4v) is 0.842. The first-order valence-electron chi connectivity index (χ1n) is 2.01. The van der Waals surface area contributed by atoms with Crippen molar-refractivity contribution in [2.24, 2.45) is 0 Å². The standard InChI is InChI=1S/C4H7O.Zr/c1-2-3-4-5;/h2-3H2,1H3;. The van der Waals surface area contributed by atoms with Crippen LogP contribution in [-0.2, 0) is 29.5 Å². The van der Waals surface area contributed by atoms with E-state index < -0.39 is 0 Å². The Morgan fingerprint density at radius 2 is 2.33 bits per heavy atom. The average molecular weight is 162 g/mol. The third kappa shape index (κ3) is 4.55. The molecule has 0 aromatic carbocycles. The van der Waals surface area contributed by atoms with E-state index in [1.165, 1.54) is 0 Å². The molecular formula is C4H7OZr. The van der Waals surface area contributed by atoms with E-state index in [0.29, 0.717) is 3.49 Å². The zero-order chi connectivity index (χ0) is 4.99. The van der Waals surface area contributed by atoms with E-state index >= 15 is 0 Å². The summed E-state index contributed by atoms with van der Waals surface area (Å²) in [5.74, 6) is 0. The molecule has 0 amide bonds. The van der Waals surface area contributed by atoms with Crippen molar-refractivity contribution >= 4 is 3.49 Å². The molecule has 0 rings (SSSR count). The van der Waals surface area contributed by atoms with Crippen LogP contribution in [0.3, 0.4) is 0 Å². The first-order valence-corrected chi connectivity index (χ1v) is 3.24. The second-order valence-corrected chi connectivity index (χ2v) is 2.54. The normalized spacial score (nSPS) is 8.00. The Hall–Kier alpha value is 0.553. The van der Waals surface area contributed by atoms with E-state index in [9.17, 15) is 4.79 Å². The van der Waals surface area contributed by atoms with Crippen molar-refractivity contribution in [2.75, 3.05) is 0 Å². The number of hydrogen-bond donors (Lipinski definition) is 0. The van der Waals surface area contributed by atoms with Crippen LogP contribution in [-0.4, -0.2) is 3.49 Å². The van der Waals surface area contributed by atoms with Crippen LogP contribution in [0.5, 0.6) is 0 Å². The molecule has 0 fully saturated rings. The Balaban J connectivity index is 2.83. The molecule has 0 saturated heterocycles. The predicted molar refractivity (Wildman–Crippen MR) is 19.9 cm³/mol. The maximum atomic E-state index is 10.1. The minimum absolute atomic E-state index is 0.379. The molecule has 0 aromatic heterocycles.